The molecule has 1 amide bonds. The highest BCUT2D eigenvalue weighted by Gasteiger charge is 2.37. The molecule has 2 nitrogen and oxygen atoms in total. The first-order valence-corrected chi connectivity index (χ1v) is 6.70. The van der Waals surface area contributed by atoms with Crippen LogP contribution in [-0.4, -0.2) is 23.4 Å². The molecular formula is C15H20ClNO. The lowest BCUT2D eigenvalue weighted by Crippen LogP contribution is -2.50. The zero-order valence-corrected chi connectivity index (χ0v) is 11.4. The van der Waals surface area contributed by atoms with E-state index in [1.807, 2.05) is 0 Å². The fourth-order valence-corrected chi connectivity index (χ4v) is 3.39. The van der Waals surface area contributed by atoms with Crippen LogP contribution in [0.1, 0.15) is 43.6 Å². The van der Waals surface area contributed by atoms with E-state index in [2.05, 4.69) is 35.2 Å². The lowest BCUT2D eigenvalue weighted by atomic mass is 9.79. The van der Waals surface area contributed by atoms with Crippen LogP contribution in [0.4, 0.5) is 0 Å². The van der Waals surface area contributed by atoms with Gasteiger partial charge in [-0.25, -0.2) is 0 Å². The van der Waals surface area contributed by atoms with Gasteiger partial charge in [-0.2, -0.15) is 0 Å². The molecule has 3 rings (SSSR count). The van der Waals surface area contributed by atoms with E-state index >= 15 is 0 Å². The van der Waals surface area contributed by atoms with Gasteiger partial charge in [-0.3, -0.25) is 4.79 Å². The van der Waals surface area contributed by atoms with E-state index in [0.29, 0.717) is 17.9 Å². The SMILES string of the molecule is Cl.O=C1CC[C@H](c2ccccc2)[C@H]2CCCCN12. The van der Waals surface area contributed by atoms with Crippen LogP contribution in [0.5, 0.6) is 0 Å². The largest absolute Gasteiger partial charge is 0.339 e. The highest BCUT2D eigenvalue weighted by atomic mass is 35.5. The number of nitrogens with zero attached hydrogens (tertiary/aromatic N) is 1. The molecule has 2 aliphatic heterocycles. The summed E-state index contributed by atoms with van der Waals surface area (Å²) >= 11 is 0. The number of rotatable bonds is 1. The first-order valence-electron chi connectivity index (χ1n) is 6.70. The number of hydrogen-bond donors (Lipinski definition) is 0. The Labute approximate surface area is 115 Å². The summed E-state index contributed by atoms with van der Waals surface area (Å²) in [4.78, 5) is 14.1. The Kier molecular flexibility index (Phi) is 4.28. The van der Waals surface area contributed by atoms with Gasteiger partial charge >= 0.3 is 0 Å². The van der Waals surface area contributed by atoms with Crippen molar-refractivity contribution in [2.75, 3.05) is 6.54 Å². The molecule has 2 atom stereocenters. The summed E-state index contributed by atoms with van der Waals surface area (Å²) in [6.45, 7) is 0.979. The molecule has 0 saturated carbocycles. The Balaban J connectivity index is 0.00000120. The molecule has 0 bridgehead atoms. The van der Waals surface area contributed by atoms with Crippen LogP contribution >= 0.6 is 12.4 Å². The average Bonchev–Trinajstić information content (AvgIpc) is 2.41. The monoisotopic (exact) mass is 265 g/mol. The normalized spacial score (nSPS) is 27.3. The van der Waals surface area contributed by atoms with Crippen molar-refractivity contribution in [2.24, 2.45) is 0 Å². The van der Waals surface area contributed by atoms with Crippen LogP contribution in [-0.2, 0) is 4.79 Å². The third kappa shape index (κ3) is 2.39. The van der Waals surface area contributed by atoms with E-state index in [0.717, 1.165) is 19.4 Å². The van der Waals surface area contributed by atoms with Crippen LogP contribution in [0.25, 0.3) is 0 Å². The minimum atomic E-state index is 0. The van der Waals surface area contributed by atoms with Crippen molar-refractivity contribution >= 4 is 18.3 Å². The Morgan fingerprint density at radius 1 is 1.06 bits per heavy atom. The van der Waals surface area contributed by atoms with Crippen molar-refractivity contribution in [1.29, 1.82) is 0 Å². The summed E-state index contributed by atoms with van der Waals surface area (Å²) in [6.07, 6.45) is 5.41. The molecule has 1 aromatic rings. The first-order chi connectivity index (χ1) is 8.36. The van der Waals surface area contributed by atoms with Gasteiger partial charge in [0.1, 0.15) is 0 Å². The van der Waals surface area contributed by atoms with Crippen LogP contribution in [0.15, 0.2) is 30.3 Å². The topological polar surface area (TPSA) is 20.3 Å². The van der Waals surface area contributed by atoms with E-state index in [1.165, 1.54) is 24.8 Å². The van der Waals surface area contributed by atoms with Crippen LogP contribution in [0, 0.1) is 0 Å². The predicted molar refractivity (Wildman–Crippen MR) is 75.0 cm³/mol. The predicted octanol–water partition coefficient (Wildman–Crippen LogP) is 3.37. The Morgan fingerprint density at radius 2 is 1.83 bits per heavy atom. The summed E-state index contributed by atoms with van der Waals surface area (Å²) in [5.41, 5.74) is 1.41. The van der Waals surface area contributed by atoms with Crippen molar-refractivity contribution in [3.63, 3.8) is 0 Å². The molecule has 0 radical (unpaired) electrons. The van der Waals surface area contributed by atoms with Crippen molar-refractivity contribution in [2.45, 2.75) is 44.1 Å². The molecule has 0 unspecified atom stereocenters. The number of carbonyl (C=O) groups excluding carboxylic acids is 1. The maximum absolute atomic E-state index is 11.9. The Bertz CT molecular complexity index is 406. The lowest BCUT2D eigenvalue weighted by molar-refractivity contribution is -0.138. The van der Waals surface area contributed by atoms with E-state index in [-0.39, 0.29) is 12.4 Å². The fourth-order valence-electron chi connectivity index (χ4n) is 3.39. The highest BCUT2D eigenvalue weighted by molar-refractivity contribution is 5.85. The van der Waals surface area contributed by atoms with Crippen LogP contribution < -0.4 is 0 Å². The zero-order chi connectivity index (χ0) is 11.7. The molecule has 18 heavy (non-hydrogen) atoms. The number of piperidine rings is 2. The van der Waals surface area contributed by atoms with E-state index in [1.54, 1.807) is 0 Å². The Hall–Kier alpha value is -1.02. The molecule has 98 valence electrons. The van der Waals surface area contributed by atoms with E-state index in [4.69, 9.17) is 0 Å². The van der Waals surface area contributed by atoms with Crippen LogP contribution in [0.2, 0.25) is 0 Å². The number of carbonyl (C=O) groups is 1. The number of halogens is 1. The quantitative estimate of drug-likeness (QED) is 0.762. The highest BCUT2D eigenvalue weighted by Crippen LogP contribution is 2.37. The maximum atomic E-state index is 11.9. The molecule has 2 fully saturated rings. The van der Waals surface area contributed by atoms with E-state index < -0.39 is 0 Å². The maximum Gasteiger partial charge on any atom is 0.222 e. The van der Waals surface area contributed by atoms with Gasteiger partial charge in [-0.15, -0.1) is 12.4 Å². The second kappa shape index (κ2) is 5.75. The zero-order valence-electron chi connectivity index (χ0n) is 10.5. The molecule has 3 heteroatoms. The van der Waals surface area contributed by atoms with Gasteiger partial charge in [0.15, 0.2) is 0 Å². The van der Waals surface area contributed by atoms with Crippen molar-refractivity contribution in [1.82, 2.24) is 4.90 Å². The number of benzene rings is 1. The number of hydrogen-bond acceptors (Lipinski definition) is 1. The molecule has 1 aromatic carbocycles. The molecule has 0 aromatic heterocycles. The summed E-state index contributed by atoms with van der Waals surface area (Å²) in [5.74, 6) is 0.941. The smallest absolute Gasteiger partial charge is 0.222 e. The second-order valence-electron chi connectivity index (χ2n) is 5.21. The number of amides is 1. The Morgan fingerprint density at radius 3 is 2.61 bits per heavy atom. The molecule has 2 saturated heterocycles. The van der Waals surface area contributed by atoms with Gasteiger partial charge in [0, 0.05) is 24.9 Å². The lowest BCUT2D eigenvalue weighted by Gasteiger charge is -2.44. The standard InChI is InChI=1S/C15H19NO.ClH/c17-15-10-9-13(12-6-2-1-3-7-12)14-8-4-5-11-16(14)15;/h1-3,6-7,13-14H,4-5,8-11H2;1H/t13-,14-;/m1./s1. The average molecular weight is 266 g/mol. The molecule has 0 aliphatic carbocycles. The third-order valence-corrected chi connectivity index (χ3v) is 4.23. The summed E-state index contributed by atoms with van der Waals surface area (Å²) in [6, 6.07) is 11.2. The summed E-state index contributed by atoms with van der Waals surface area (Å²) in [5, 5.41) is 0. The minimum absolute atomic E-state index is 0. The van der Waals surface area contributed by atoms with Gasteiger partial charge in [0.25, 0.3) is 0 Å². The fraction of sp³-hybridized carbons (Fsp3) is 0.533. The van der Waals surface area contributed by atoms with Gasteiger partial charge in [-0.1, -0.05) is 30.3 Å². The van der Waals surface area contributed by atoms with E-state index in [9.17, 15) is 4.79 Å². The molecule has 2 aliphatic rings. The summed E-state index contributed by atoms with van der Waals surface area (Å²) < 4.78 is 0. The van der Waals surface area contributed by atoms with Crippen molar-refractivity contribution < 1.29 is 4.79 Å². The molecule has 0 N–H and O–H groups in total. The van der Waals surface area contributed by atoms with Crippen molar-refractivity contribution in [3.8, 4) is 0 Å². The van der Waals surface area contributed by atoms with Gasteiger partial charge in [0.05, 0.1) is 0 Å². The molecule has 2 heterocycles. The second-order valence-corrected chi connectivity index (χ2v) is 5.21. The summed E-state index contributed by atoms with van der Waals surface area (Å²) in [7, 11) is 0. The van der Waals surface area contributed by atoms with Gasteiger partial charge < -0.3 is 4.90 Å². The molecular weight excluding hydrogens is 246 g/mol. The van der Waals surface area contributed by atoms with Crippen molar-refractivity contribution in [3.05, 3.63) is 35.9 Å². The van der Waals surface area contributed by atoms with Gasteiger partial charge in [0.2, 0.25) is 5.91 Å². The molecule has 0 spiro atoms. The third-order valence-electron chi connectivity index (χ3n) is 4.23. The van der Waals surface area contributed by atoms with Gasteiger partial charge in [-0.05, 0) is 31.2 Å². The first kappa shape index (κ1) is 13.4. The minimum Gasteiger partial charge on any atom is -0.339 e. The van der Waals surface area contributed by atoms with Crippen LogP contribution in [0.3, 0.4) is 0 Å². The number of fused-ring (bicyclic) bond motifs is 1.